The summed E-state index contributed by atoms with van der Waals surface area (Å²) >= 11 is 5.66. The summed E-state index contributed by atoms with van der Waals surface area (Å²) in [6, 6.07) is 0.630. The van der Waals surface area contributed by atoms with E-state index in [1.807, 2.05) is 0 Å². The van der Waals surface area contributed by atoms with Gasteiger partial charge in [0.25, 0.3) is 11.5 Å². The molecule has 1 amide bonds. The van der Waals surface area contributed by atoms with Crippen LogP contribution in [0.3, 0.4) is 0 Å². The van der Waals surface area contributed by atoms with Crippen molar-refractivity contribution in [3.05, 3.63) is 45.6 Å². The lowest BCUT2D eigenvalue weighted by atomic mass is 10.3. The van der Waals surface area contributed by atoms with Gasteiger partial charge in [-0.05, 0) is 11.6 Å². The Morgan fingerprint density at radius 1 is 1.43 bits per heavy atom. The van der Waals surface area contributed by atoms with Crippen molar-refractivity contribution in [2.24, 2.45) is 7.05 Å². The minimum absolute atomic E-state index is 0.00368. The van der Waals surface area contributed by atoms with Crippen molar-refractivity contribution in [3.63, 3.8) is 0 Å². The van der Waals surface area contributed by atoms with Crippen molar-refractivity contribution in [1.29, 1.82) is 0 Å². The van der Waals surface area contributed by atoms with E-state index in [2.05, 4.69) is 10.3 Å². The number of aromatic nitrogens is 3. The molecule has 0 aromatic carbocycles. The van der Waals surface area contributed by atoms with Crippen molar-refractivity contribution < 1.29 is 22.4 Å². The molecule has 0 aliphatic heterocycles. The Morgan fingerprint density at radius 3 is 2.61 bits per heavy atom. The summed E-state index contributed by atoms with van der Waals surface area (Å²) in [6.07, 6.45) is -2.87. The van der Waals surface area contributed by atoms with Crippen LogP contribution in [0.2, 0.25) is 5.28 Å². The number of amides is 1. The number of alkyl halides is 3. The Balaban J connectivity index is 2.32. The Labute approximate surface area is 131 Å². The maximum atomic E-state index is 13.5. The number of halogens is 5. The van der Waals surface area contributed by atoms with E-state index < -0.39 is 30.0 Å². The molecule has 0 unspecified atom stereocenters. The number of carbonyl (C=O) groups is 1. The first-order valence-corrected chi connectivity index (χ1v) is 6.41. The summed E-state index contributed by atoms with van der Waals surface area (Å²) in [7, 11) is 1.44. The van der Waals surface area contributed by atoms with Crippen molar-refractivity contribution in [2.75, 3.05) is 5.32 Å². The quantitative estimate of drug-likeness (QED) is 0.861. The number of imidazole rings is 1. The van der Waals surface area contributed by atoms with Crippen LogP contribution in [0.1, 0.15) is 10.5 Å². The molecule has 2 aromatic rings. The number of carbonyl (C=O) groups excluding carboxylic acids is 1. The molecule has 6 nitrogen and oxygen atoms in total. The first-order valence-electron chi connectivity index (χ1n) is 6.04. The van der Waals surface area contributed by atoms with Gasteiger partial charge in [0.05, 0.1) is 11.9 Å². The Hall–Kier alpha value is -2.36. The van der Waals surface area contributed by atoms with Crippen LogP contribution in [-0.4, -0.2) is 26.2 Å². The van der Waals surface area contributed by atoms with E-state index in [0.29, 0.717) is 12.3 Å². The number of hydrogen-bond acceptors (Lipinski definition) is 3. The smallest absolute Gasteiger partial charge is 0.319 e. The second-order valence-corrected chi connectivity index (χ2v) is 4.89. The van der Waals surface area contributed by atoms with Crippen LogP contribution < -0.4 is 10.9 Å². The molecule has 0 saturated heterocycles. The zero-order valence-corrected chi connectivity index (χ0v) is 12.2. The second-order valence-electron chi connectivity index (χ2n) is 4.55. The molecule has 2 rings (SSSR count). The minimum atomic E-state index is -4.71. The third-order valence-electron chi connectivity index (χ3n) is 2.81. The van der Waals surface area contributed by atoms with Crippen molar-refractivity contribution in [3.8, 4) is 0 Å². The molecule has 0 aliphatic carbocycles. The molecule has 0 bridgehead atoms. The molecule has 124 valence electrons. The topological polar surface area (TPSA) is 68.9 Å². The molecular formula is C12H9ClF4N4O2. The average molecular weight is 353 g/mol. The van der Waals surface area contributed by atoms with Gasteiger partial charge in [-0.3, -0.25) is 9.59 Å². The largest absolute Gasteiger partial charge is 0.406 e. The van der Waals surface area contributed by atoms with E-state index in [1.165, 1.54) is 11.6 Å². The van der Waals surface area contributed by atoms with E-state index in [0.717, 1.165) is 6.20 Å². The summed E-state index contributed by atoms with van der Waals surface area (Å²) in [6.45, 7) is -1.68. The van der Waals surface area contributed by atoms with Gasteiger partial charge in [-0.15, -0.1) is 0 Å². The molecule has 11 heteroatoms. The predicted molar refractivity (Wildman–Crippen MR) is 72.9 cm³/mol. The lowest BCUT2D eigenvalue weighted by Crippen LogP contribution is -2.30. The van der Waals surface area contributed by atoms with Gasteiger partial charge >= 0.3 is 6.18 Å². The molecule has 2 heterocycles. The zero-order chi connectivity index (χ0) is 17.4. The van der Waals surface area contributed by atoms with Gasteiger partial charge in [0, 0.05) is 19.3 Å². The predicted octanol–water partition coefficient (Wildman–Crippen LogP) is 2.19. The highest BCUT2D eigenvalue weighted by atomic mass is 35.5. The maximum absolute atomic E-state index is 13.5. The summed E-state index contributed by atoms with van der Waals surface area (Å²) in [5.41, 5.74) is -1.75. The van der Waals surface area contributed by atoms with Crippen LogP contribution in [0, 0.1) is 5.82 Å². The normalized spacial score (nSPS) is 11.6. The Bertz CT molecular complexity index is 812. The molecule has 1 N–H and O–H groups in total. The van der Waals surface area contributed by atoms with Crippen LogP contribution >= 0.6 is 11.6 Å². The number of nitrogens with zero attached hydrogens (tertiary/aromatic N) is 3. The number of anilines is 1. The Kier molecular flexibility index (Phi) is 4.46. The summed E-state index contributed by atoms with van der Waals surface area (Å²) in [5.74, 6) is -2.20. The number of pyridine rings is 1. The van der Waals surface area contributed by atoms with Gasteiger partial charge in [0.2, 0.25) is 5.28 Å². The molecule has 0 fully saturated rings. The highest BCUT2D eigenvalue weighted by Gasteiger charge is 2.29. The lowest BCUT2D eigenvalue weighted by molar-refractivity contribution is -0.141. The number of nitrogens with one attached hydrogen (secondary N) is 1. The van der Waals surface area contributed by atoms with Crippen LogP contribution in [0.25, 0.3) is 0 Å². The molecule has 2 aromatic heterocycles. The molecular weight excluding hydrogens is 344 g/mol. The van der Waals surface area contributed by atoms with E-state index in [1.54, 1.807) is 0 Å². The summed E-state index contributed by atoms with van der Waals surface area (Å²) in [4.78, 5) is 27.0. The molecule has 23 heavy (non-hydrogen) atoms. The molecule has 0 saturated carbocycles. The molecule has 0 radical (unpaired) electrons. The van der Waals surface area contributed by atoms with Crippen molar-refractivity contribution in [2.45, 2.75) is 12.7 Å². The molecule has 0 spiro atoms. The monoisotopic (exact) mass is 352 g/mol. The van der Waals surface area contributed by atoms with E-state index in [-0.39, 0.29) is 21.2 Å². The standard InChI is InChI=1S/C12H9ClF4N4O2/c1-20-8(3-18-11(20)13)9(22)19-6-2-7(14)10(23)21(4-6)5-12(15,16)17/h2-4H,5H2,1H3,(H,19,22). The highest BCUT2D eigenvalue weighted by molar-refractivity contribution is 6.28. The fraction of sp³-hybridized carbons (Fsp3) is 0.250. The summed E-state index contributed by atoms with van der Waals surface area (Å²) < 4.78 is 51.9. The van der Waals surface area contributed by atoms with E-state index in [4.69, 9.17) is 11.6 Å². The van der Waals surface area contributed by atoms with Gasteiger partial charge in [-0.2, -0.15) is 13.2 Å². The van der Waals surface area contributed by atoms with Crippen LogP contribution in [0.5, 0.6) is 0 Å². The first-order chi connectivity index (χ1) is 10.6. The van der Waals surface area contributed by atoms with Crippen LogP contribution in [0.4, 0.5) is 23.2 Å². The number of rotatable bonds is 3. The second kappa shape index (κ2) is 6.03. The third kappa shape index (κ3) is 3.89. The van der Waals surface area contributed by atoms with Gasteiger partial charge in [-0.1, -0.05) is 0 Å². The van der Waals surface area contributed by atoms with Crippen molar-refractivity contribution >= 4 is 23.2 Å². The minimum Gasteiger partial charge on any atom is -0.319 e. The fourth-order valence-corrected chi connectivity index (χ4v) is 1.91. The van der Waals surface area contributed by atoms with Gasteiger partial charge < -0.3 is 14.5 Å². The van der Waals surface area contributed by atoms with Gasteiger partial charge in [-0.25, -0.2) is 9.37 Å². The molecule has 0 aliphatic rings. The highest BCUT2D eigenvalue weighted by Crippen LogP contribution is 2.18. The fourth-order valence-electron chi connectivity index (χ4n) is 1.77. The van der Waals surface area contributed by atoms with Gasteiger partial charge in [0.1, 0.15) is 12.2 Å². The SMILES string of the molecule is Cn1c(C(=O)Nc2cc(F)c(=O)n(CC(F)(F)F)c2)cnc1Cl. The van der Waals surface area contributed by atoms with Crippen LogP contribution in [0.15, 0.2) is 23.3 Å². The number of hydrogen-bond donors (Lipinski definition) is 1. The van der Waals surface area contributed by atoms with E-state index >= 15 is 0 Å². The average Bonchev–Trinajstić information content (AvgIpc) is 2.74. The van der Waals surface area contributed by atoms with E-state index in [9.17, 15) is 27.2 Å². The first kappa shape index (κ1) is 17.0. The maximum Gasteiger partial charge on any atom is 0.406 e. The lowest BCUT2D eigenvalue weighted by Gasteiger charge is -2.12. The Morgan fingerprint density at radius 2 is 2.09 bits per heavy atom. The summed E-state index contributed by atoms with van der Waals surface area (Å²) in [5, 5.41) is 2.20. The third-order valence-corrected chi connectivity index (χ3v) is 3.17. The zero-order valence-electron chi connectivity index (χ0n) is 11.5. The molecule has 0 atom stereocenters. The van der Waals surface area contributed by atoms with Crippen LogP contribution in [-0.2, 0) is 13.6 Å². The van der Waals surface area contributed by atoms with Gasteiger partial charge in [0.15, 0.2) is 5.82 Å². The van der Waals surface area contributed by atoms with Crippen molar-refractivity contribution in [1.82, 2.24) is 14.1 Å².